The van der Waals surface area contributed by atoms with Gasteiger partial charge in [0.2, 0.25) is 0 Å². The molecule has 0 aliphatic rings. The molecule has 0 bridgehead atoms. The molecule has 0 unspecified atom stereocenters. The summed E-state index contributed by atoms with van der Waals surface area (Å²) in [6, 6.07) is 10.0. The van der Waals surface area contributed by atoms with Crippen LogP contribution in [0.1, 0.15) is 39.7 Å². The van der Waals surface area contributed by atoms with Crippen LogP contribution in [-0.2, 0) is 16.0 Å². The third-order valence-corrected chi connectivity index (χ3v) is 2.23. The molecular formula is C16H25NO4. The number of carboxylic acids is 1. The fourth-order valence-electron chi connectivity index (χ4n) is 1.27. The summed E-state index contributed by atoms with van der Waals surface area (Å²) in [5.74, 6) is -0.745. The van der Waals surface area contributed by atoms with E-state index in [1.54, 1.807) is 6.92 Å². The van der Waals surface area contributed by atoms with E-state index in [-0.39, 0.29) is 12.5 Å². The highest BCUT2D eigenvalue weighted by atomic mass is 16.6. The molecule has 2 N–H and O–H groups in total. The van der Waals surface area contributed by atoms with Crippen LogP contribution in [-0.4, -0.2) is 29.3 Å². The highest BCUT2D eigenvalue weighted by Gasteiger charge is 2.15. The number of ether oxygens (including phenoxy) is 1. The summed E-state index contributed by atoms with van der Waals surface area (Å²) in [6.45, 7) is 7.75. The number of amides is 1. The van der Waals surface area contributed by atoms with Gasteiger partial charge < -0.3 is 15.2 Å². The average Bonchev–Trinajstić information content (AvgIpc) is 2.38. The van der Waals surface area contributed by atoms with Crippen molar-refractivity contribution in [1.29, 1.82) is 0 Å². The predicted octanol–water partition coefficient (Wildman–Crippen LogP) is 3.23. The molecule has 21 heavy (non-hydrogen) atoms. The molecule has 0 atom stereocenters. The lowest BCUT2D eigenvalue weighted by molar-refractivity contribution is -0.136. The molecule has 0 saturated carbocycles. The van der Waals surface area contributed by atoms with Crippen molar-refractivity contribution in [2.24, 2.45) is 0 Å². The Kier molecular flexibility index (Phi) is 8.85. The summed E-state index contributed by atoms with van der Waals surface area (Å²) in [5, 5.41) is 10.4. The molecule has 5 nitrogen and oxygen atoms in total. The number of hydrogen-bond acceptors (Lipinski definition) is 3. The quantitative estimate of drug-likeness (QED) is 0.894. The van der Waals surface area contributed by atoms with Gasteiger partial charge in [0, 0.05) is 13.0 Å². The van der Waals surface area contributed by atoms with Crippen molar-refractivity contribution < 1.29 is 19.4 Å². The number of nitrogens with one attached hydrogen (secondary N) is 1. The van der Waals surface area contributed by atoms with E-state index in [1.807, 2.05) is 51.1 Å². The van der Waals surface area contributed by atoms with Crippen LogP contribution in [0.15, 0.2) is 30.3 Å². The van der Waals surface area contributed by atoms with Crippen LogP contribution < -0.4 is 5.32 Å². The second-order valence-corrected chi connectivity index (χ2v) is 5.41. The average molecular weight is 295 g/mol. The first-order valence-corrected chi connectivity index (χ1v) is 6.97. The third-order valence-electron chi connectivity index (χ3n) is 2.23. The summed E-state index contributed by atoms with van der Waals surface area (Å²) >= 11 is 0. The van der Waals surface area contributed by atoms with Gasteiger partial charge in [-0.15, -0.1) is 0 Å². The van der Waals surface area contributed by atoms with Crippen LogP contribution in [0, 0.1) is 0 Å². The number of carbonyl (C=O) groups excluding carboxylic acids is 1. The highest BCUT2D eigenvalue weighted by Crippen LogP contribution is 2.06. The van der Waals surface area contributed by atoms with E-state index in [0.717, 1.165) is 6.42 Å². The molecule has 0 spiro atoms. The van der Waals surface area contributed by atoms with Crippen LogP contribution in [0.2, 0.25) is 0 Å². The van der Waals surface area contributed by atoms with Crippen LogP contribution in [0.3, 0.4) is 0 Å². The zero-order chi connectivity index (χ0) is 16.3. The molecule has 1 amide bonds. The number of carboxylic acid groups (broad SMARTS) is 1. The number of aliphatic carboxylic acids is 1. The van der Waals surface area contributed by atoms with E-state index in [9.17, 15) is 9.59 Å². The topological polar surface area (TPSA) is 75.6 Å². The van der Waals surface area contributed by atoms with E-state index in [1.165, 1.54) is 5.56 Å². The fraction of sp³-hybridized carbons (Fsp3) is 0.500. The number of hydrogen-bond donors (Lipinski definition) is 2. The van der Waals surface area contributed by atoms with Crippen LogP contribution >= 0.6 is 0 Å². The van der Waals surface area contributed by atoms with E-state index in [0.29, 0.717) is 6.54 Å². The van der Waals surface area contributed by atoms with E-state index < -0.39 is 11.6 Å². The predicted molar refractivity (Wildman–Crippen MR) is 82.3 cm³/mol. The lowest BCUT2D eigenvalue weighted by Gasteiger charge is -2.19. The summed E-state index contributed by atoms with van der Waals surface area (Å²) in [6.07, 6.45) is 0.684. The van der Waals surface area contributed by atoms with E-state index in [4.69, 9.17) is 9.84 Å². The minimum Gasteiger partial charge on any atom is -0.481 e. The molecule has 1 aromatic rings. The Morgan fingerprint density at radius 2 is 1.71 bits per heavy atom. The minimum absolute atomic E-state index is 0.222. The van der Waals surface area contributed by atoms with Gasteiger partial charge in [-0.1, -0.05) is 37.3 Å². The molecule has 0 radical (unpaired) electrons. The van der Waals surface area contributed by atoms with Crippen LogP contribution in [0.5, 0.6) is 0 Å². The van der Waals surface area contributed by atoms with Gasteiger partial charge in [-0.2, -0.15) is 0 Å². The second kappa shape index (κ2) is 9.80. The number of rotatable bonds is 4. The first kappa shape index (κ1) is 19.0. The molecule has 118 valence electrons. The van der Waals surface area contributed by atoms with Crippen molar-refractivity contribution in [2.45, 2.75) is 46.1 Å². The third kappa shape index (κ3) is 12.7. The molecule has 1 aromatic carbocycles. The first-order chi connectivity index (χ1) is 9.74. The van der Waals surface area contributed by atoms with Gasteiger partial charge in [-0.05, 0) is 32.8 Å². The lowest BCUT2D eigenvalue weighted by Crippen LogP contribution is -2.33. The highest BCUT2D eigenvalue weighted by molar-refractivity contribution is 5.67. The molecule has 1 rings (SSSR count). The van der Waals surface area contributed by atoms with Gasteiger partial charge in [0.25, 0.3) is 0 Å². The SMILES string of the molecule is CC(C)(C)OC(=O)NCCc1ccccc1.CCC(=O)O. The van der Waals surface area contributed by atoms with Crippen LogP contribution in [0.4, 0.5) is 4.79 Å². The Balaban J connectivity index is 0.000000690. The van der Waals surface area contributed by atoms with Crippen molar-refractivity contribution >= 4 is 12.1 Å². The fourth-order valence-corrected chi connectivity index (χ4v) is 1.27. The zero-order valence-electron chi connectivity index (χ0n) is 13.2. The van der Waals surface area contributed by atoms with Crippen molar-refractivity contribution in [2.75, 3.05) is 6.54 Å². The van der Waals surface area contributed by atoms with Crippen molar-refractivity contribution in [3.63, 3.8) is 0 Å². The minimum atomic E-state index is -0.745. The van der Waals surface area contributed by atoms with Crippen molar-refractivity contribution in [3.8, 4) is 0 Å². The maximum absolute atomic E-state index is 11.3. The smallest absolute Gasteiger partial charge is 0.407 e. The molecule has 0 fully saturated rings. The second-order valence-electron chi connectivity index (χ2n) is 5.41. The summed E-state index contributed by atoms with van der Waals surface area (Å²) < 4.78 is 5.13. The van der Waals surface area contributed by atoms with Gasteiger partial charge >= 0.3 is 12.1 Å². The molecule has 5 heteroatoms. The Bertz CT molecular complexity index is 424. The number of carbonyl (C=O) groups is 2. The molecular weight excluding hydrogens is 270 g/mol. The van der Waals surface area contributed by atoms with Gasteiger partial charge in [0.1, 0.15) is 5.60 Å². The first-order valence-electron chi connectivity index (χ1n) is 6.97. The Morgan fingerprint density at radius 3 is 2.14 bits per heavy atom. The van der Waals surface area contributed by atoms with Gasteiger partial charge in [-0.25, -0.2) is 4.79 Å². The maximum Gasteiger partial charge on any atom is 0.407 e. The Labute approximate surface area is 126 Å². The van der Waals surface area contributed by atoms with E-state index in [2.05, 4.69) is 5.32 Å². The number of benzene rings is 1. The van der Waals surface area contributed by atoms with Gasteiger partial charge in [0.15, 0.2) is 0 Å². The summed E-state index contributed by atoms with van der Waals surface area (Å²) in [5.41, 5.74) is 0.773. The number of alkyl carbamates (subject to hydrolysis) is 1. The van der Waals surface area contributed by atoms with Crippen LogP contribution in [0.25, 0.3) is 0 Å². The lowest BCUT2D eigenvalue weighted by atomic mass is 10.1. The van der Waals surface area contributed by atoms with Crippen molar-refractivity contribution in [3.05, 3.63) is 35.9 Å². The standard InChI is InChI=1S/C13H19NO2.C3H6O2/c1-13(2,3)16-12(15)14-10-9-11-7-5-4-6-8-11;1-2-3(4)5/h4-8H,9-10H2,1-3H3,(H,14,15);2H2,1H3,(H,4,5). The molecule has 0 heterocycles. The molecule has 0 aliphatic heterocycles. The van der Waals surface area contributed by atoms with E-state index >= 15 is 0 Å². The Hall–Kier alpha value is -2.04. The summed E-state index contributed by atoms with van der Waals surface area (Å²) in [7, 11) is 0. The molecule has 0 saturated heterocycles. The largest absolute Gasteiger partial charge is 0.481 e. The monoisotopic (exact) mass is 295 g/mol. The van der Waals surface area contributed by atoms with Gasteiger partial charge in [0.05, 0.1) is 0 Å². The summed E-state index contributed by atoms with van der Waals surface area (Å²) in [4.78, 5) is 20.7. The molecule has 0 aliphatic carbocycles. The van der Waals surface area contributed by atoms with Crippen molar-refractivity contribution in [1.82, 2.24) is 5.32 Å². The molecule has 0 aromatic heterocycles. The Morgan fingerprint density at radius 1 is 1.19 bits per heavy atom. The maximum atomic E-state index is 11.3. The zero-order valence-corrected chi connectivity index (χ0v) is 13.2. The normalized spacial score (nSPS) is 10.1. The van der Waals surface area contributed by atoms with Gasteiger partial charge in [-0.3, -0.25) is 4.79 Å².